The molecule has 0 saturated heterocycles. The molecule has 1 aromatic carbocycles. The van der Waals surface area contributed by atoms with Crippen LogP contribution in [0.5, 0.6) is 5.75 Å². The Morgan fingerprint density at radius 2 is 2.03 bits per heavy atom. The summed E-state index contributed by atoms with van der Waals surface area (Å²) in [5.74, 6) is -0.0289. The van der Waals surface area contributed by atoms with Crippen LogP contribution in [0.1, 0.15) is 14.5 Å². The summed E-state index contributed by atoms with van der Waals surface area (Å²) in [6, 6.07) is 6.53. The molecule has 2 aromatic heterocycles. The van der Waals surface area contributed by atoms with Gasteiger partial charge in [0.2, 0.25) is 0 Å². The number of ether oxygens (including phenoxy) is 2. The minimum absolute atomic E-state index is 0.0660. The maximum absolute atomic E-state index is 12.6. The van der Waals surface area contributed by atoms with E-state index in [1.54, 1.807) is 36.3 Å². The summed E-state index contributed by atoms with van der Waals surface area (Å²) < 4.78 is 33.6. The van der Waals surface area contributed by atoms with Gasteiger partial charge in [0.1, 0.15) is 12.1 Å². The minimum Gasteiger partial charge on any atom is -0.494 e. The predicted octanol–water partition coefficient (Wildman–Crippen LogP) is 2.17. The van der Waals surface area contributed by atoms with Crippen molar-refractivity contribution in [3.05, 3.63) is 42.4 Å². The maximum atomic E-state index is 12.6. The zero-order chi connectivity index (χ0) is 24.2. The van der Waals surface area contributed by atoms with Gasteiger partial charge in [-0.05, 0) is 12.1 Å². The lowest BCUT2D eigenvalue weighted by molar-refractivity contribution is 0.0963. The Morgan fingerprint density at radius 3 is 2.70 bits per heavy atom. The first-order valence-electron chi connectivity index (χ1n) is 10.1. The number of hydrogen-bond donors (Lipinski definition) is 3. The van der Waals surface area contributed by atoms with Crippen LogP contribution in [-0.2, 0) is 11.8 Å². The molecule has 0 aliphatic rings. The molecule has 11 heteroatoms. The number of nitrogens with one attached hydrogen (secondary N) is 3. The average molecular weight is 414 g/mol. The van der Waals surface area contributed by atoms with Crippen LogP contribution >= 0.6 is 0 Å². The molecular weight excluding hydrogens is 390 g/mol. The molecule has 0 aliphatic carbocycles. The molecule has 156 valence electrons. The van der Waals surface area contributed by atoms with Crippen molar-refractivity contribution in [2.24, 2.45) is 7.05 Å². The Morgan fingerprint density at radius 1 is 1.20 bits per heavy atom. The summed E-state index contributed by atoms with van der Waals surface area (Å²) in [6.45, 7) is -2.71. The molecule has 3 aromatic rings. The lowest BCUT2D eigenvalue weighted by Crippen LogP contribution is -2.20. The van der Waals surface area contributed by atoms with Crippen LogP contribution in [-0.4, -0.2) is 52.9 Å². The number of methoxy groups -OCH3 is 2. The largest absolute Gasteiger partial charge is 0.494 e. The molecule has 0 fully saturated rings. The first-order valence-corrected chi connectivity index (χ1v) is 8.59. The average Bonchev–Trinajstić information content (AvgIpc) is 3.18. The molecule has 30 heavy (non-hydrogen) atoms. The predicted molar refractivity (Wildman–Crippen MR) is 110 cm³/mol. The number of para-hydroxylation sites is 1. The van der Waals surface area contributed by atoms with Crippen LogP contribution in [0.4, 0.5) is 22.0 Å². The first-order chi connectivity index (χ1) is 15.6. The van der Waals surface area contributed by atoms with E-state index in [2.05, 4.69) is 30.4 Å². The van der Waals surface area contributed by atoms with Crippen molar-refractivity contribution in [3.8, 4) is 17.1 Å². The molecule has 0 spiro atoms. The number of aryl methyl sites for hydroxylation is 1. The normalized spacial score (nSPS) is 12.2. The van der Waals surface area contributed by atoms with Gasteiger partial charge < -0.3 is 20.1 Å². The molecule has 0 radical (unpaired) electrons. The highest BCUT2D eigenvalue weighted by molar-refractivity contribution is 6.01. The van der Waals surface area contributed by atoms with Gasteiger partial charge in [0.15, 0.2) is 11.6 Å². The fraction of sp³-hybridized carbons (Fsp3) is 0.211. The van der Waals surface area contributed by atoms with E-state index >= 15 is 0 Å². The summed E-state index contributed by atoms with van der Waals surface area (Å²) in [7, 11) is 4.38. The van der Waals surface area contributed by atoms with Crippen molar-refractivity contribution in [2.45, 2.75) is 0 Å². The second-order valence-corrected chi connectivity index (χ2v) is 5.94. The number of benzene rings is 1. The SMILES string of the molecule is [2H]C([2H])([2H])NC(=O)c1cnc(NC(=O)OC)cc1Nc1cccc(-c2ncn(C)n2)c1OC. The third-order valence-electron chi connectivity index (χ3n) is 4.01. The van der Waals surface area contributed by atoms with Gasteiger partial charge in [-0.1, -0.05) is 6.07 Å². The Balaban J connectivity index is 2.06. The highest BCUT2D eigenvalue weighted by Crippen LogP contribution is 2.37. The number of nitrogens with zero attached hydrogens (tertiary/aromatic N) is 4. The van der Waals surface area contributed by atoms with Gasteiger partial charge in [-0.2, -0.15) is 5.10 Å². The molecule has 0 saturated carbocycles. The van der Waals surface area contributed by atoms with Gasteiger partial charge in [-0.3, -0.25) is 14.8 Å². The third kappa shape index (κ3) is 4.29. The van der Waals surface area contributed by atoms with E-state index in [1.165, 1.54) is 20.3 Å². The molecular formula is C19H21N7O4. The monoisotopic (exact) mass is 414 g/mol. The molecule has 0 bridgehead atoms. The molecule has 11 nitrogen and oxygen atoms in total. The van der Waals surface area contributed by atoms with Crippen LogP contribution in [0, 0.1) is 0 Å². The van der Waals surface area contributed by atoms with Crippen molar-refractivity contribution in [1.29, 1.82) is 0 Å². The lowest BCUT2D eigenvalue weighted by atomic mass is 10.1. The lowest BCUT2D eigenvalue weighted by Gasteiger charge is -2.16. The molecule has 3 N–H and O–H groups in total. The van der Waals surface area contributed by atoms with E-state index in [1.807, 2.05) is 5.32 Å². The number of aromatic nitrogens is 4. The highest BCUT2D eigenvalue weighted by Gasteiger charge is 2.18. The summed E-state index contributed by atoms with van der Waals surface area (Å²) in [4.78, 5) is 32.4. The molecule has 0 aliphatic heterocycles. The number of carbonyl (C=O) groups excluding carboxylic acids is 2. The van der Waals surface area contributed by atoms with Crippen LogP contribution < -0.4 is 20.7 Å². The fourth-order valence-corrected chi connectivity index (χ4v) is 2.67. The van der Waals surface area contributed by atoms with Crippen molar-refractivity contribution in [2.75, 3.05) is 31.8 Å². The van der Waals surface area contributed by atoms with Crippen LogP contribution in [0.3, 0.4) is 0 Å². The van der Waals surface area contributed by atoms with E-state index in [9.17, 15) is 9.59 Å². The van der Waals surface area contributed by atoms with Gasteiger partial charge >= 0.3 is 6.09 Å². The number of anilines is 3. The Labute approximate surface area is 176 Å². The molecule has 0 unspecified atom stereocenters. The zero-order valence-corrected chi connectivity index (χ0v) is 16.4. The van der Waals surface area contributed by atoms with E-state index in [4.69, 9.17) is 8.85 Å². The van der Waals surface area contributed by atoms with E-state index < -0.39 is 19.0 Å². The van der Waals surface area contributed by atoms with Gasteiger partial charge in [-0.15, -0.1) is 0 Å². The van der Waals surface area contributed by atoms with Gasteiger partial charge in [0.05, 0.1) is 36.7 Å². The Hall–Kier alpha value is -4.15. The first kappa shape index (κ1) is 16.8. The molecule has 2 amide bonds. The van der Waals surface area contributed by atoms with Crippen molar-refractivity contribution in [3.63, 3.8) is 0 Å². The Kier molecular flexibility index (Phi) is 4.98. The summed E-state index contributed by atoms with van der Waals surface area (Å²) in [5, 5.41) is 11.6. The van der Waals surface area contributed by atoms with Gasteiger partial charge in [0, 0.05) is 30.4 Å². The van der Waals surface area contributed by atoms with E-state index in [0.717, 1.165) is 6.20 Å². The fourth-order valence-electron chi connectivity index (χ4n) is 2.67. The van der Waals surface area contributed by atoms with Crippen molar-refractivity contribution in [1.82, 2.24) is 25.1 Å². The Bertz CT molecular complexity index is 1180. The summed E-state index contributed by atoms with van der Waals surface area (Å²) >= 11 is 0. The van der Waals surface area contributed by atoms with Crippen LogP contribution in [0.15, 0.2) is 36.8 Å². The van der Waals surface area contributed by atoms with Crippen molar-refractivity contribution >= 4 is 29.2 Å². The number of rotatable bonds is 6. The molecule has 0 atom stereocenters. The molecule has 3 rings (SSSR count). The minimum atomic E-state index is -2.71. The van der Waals surface area contributed by atoms with Crippen LogP contribution in [0.25, 0.3) is 11.4 Å². The quantitative estimate of drug-likeness (QED) is 0.559. The smallest absolute Gasteiger partial charge is 0.412 e. The number of amides is 2. The van der Waals surface area contributed by atoms with Crippen LogP contribution in [0.2, 0.25) is 0 Å². The number of pyridine rings is 1. The maximum Gasteiger partial charge on any atom is 0.412 e. The van der Waals surface area contributed by atoms with E-state index in [-0.39, 0.29) is 17.1 Å². The van der Waals surface area contributed by atoms with E-state index in [0.29, 0.717) is 22.8 Å². The zero-order valence-electron chi connectivity index (χ0n) is 19.4. The van der Waals surface area contributed by atoms with Gasteiger partial charge in [0.25, 0.3) is 5.91 Å². The summed E-state index contributed by atoms with van der Waals surface area (Å²) in [6.07, 6.45) is 1.90. The number of carbonyl (C=O) groups is 2. The van der Waals surface area contributed by atoms with Crippen molar-refractivity contribution < 1.29 is 23.2 Å². The standard InChI is InChI=1S/C19H21N7O4/c1-20-18(27)12-9-21-15(24-19(28)30-4)8-14(12)23-13-7-5-6-11(16(13)29-3)17-22-10-26(2)25-17/h5-10H,1-4H3,(H,20,27)(H2,21,23,24,28)/i1D3. The second kappa shape index (κ2) is 8.90. The highest BCUT2D eigenvalue weighted by atomic mass is 16.5. The molecule has 2 heterocycles. The second-order valence-electron chi connectivity index (χ2n) is 5.94. The topological polar surface area (TPSA) is 132 Å². The summed E-state index contributed by atoms with van der Waals surface area (Å²) in [5.41, 5.74) is 1.09. The third-order valence-corrected chi connectivity index (χ3v) is 4.01. The number of hydrogen-bond acceptors (Lipinski definition) is 8. The van der Waals surface area contributed by atoms with Gasteiger partial charge in [-0.25, -0.2) is 14.8 Å².